The number of benzene rings is 2. The van der Waals surface area contributed by atoms with Crippen molar-refractivity contribution in [1.29, 1.82) is 0 Å². The standard InChI is InChI=1S/C26H22ClN5O5S3/c1-2-18-8-9-19(38-18)14-28-16-5-10-20-21(13-16)30-26(35)32(24(20)33)17-6-3-15(4-7-17)29-25(34)31-40(36,37)23-12-11-22(27)39-23/h3-13,28H,2,14H2,1H3,(H,30,35)(H2,29,31,34). The average Bonchev–Trinajstić information content (AvgIpc) is 3.57. The molecule has 4 N–H and O–H groups in total. The Balaban J connectivity index is 1.31. The molecule has 0 atom stereocenters. The number of halogens is 1. The number of aromatic nitrogens is 2. The van der Waals surface area contributed by atoms with Gasteiger partial charge in [-0.25, -0.2) is 27.3 Å². The fraction of sp³-hybridized carbons (Fsp3) is 0.115. The van der Waals surface area contributed by atoms with Crippen LogP contribution in [0.4, 0.5) is 16.2 Å². The third-order valence-corrected chi connectivity index (χ3v) is 10.1. The summed E-state index contributed by atoms with van der Waals surface area (Å²) in [6, 6.07) is 16.9. The van der Waals surface area contributed by atoms with Crippen molar-refractivity contribution in [3.05, 3.63) is 102 Å². The summed E-state index contributed by atoms with van der Waals surface area (Å²) < 4.78 is 27.7. The Morgan fingerprint density at radius 3 is 2.35 bits per heavy atom. The zero-order chi connectivity index (χ0) is 28.4. The number of nitrogens with one attached hydrogen (secondary N) is 4. The molecule has 0 fully saturated rings. The van der Waals surface area contributed by atoms with Crippen LogP contribution in [0, 0.1) is 0 Å². The predicted molar refractivity (Wildman–Crippen MR) is 160 cm³/mol. The van der Waals surface area contributed by atoms with E-state index in [1.54, 1.807) is 29.5 Å². The van der Waals surface area contributed by atoms with Gasteiger partial charge in [0.05, 0.1) is 20.9 Å². The molecule has 0 unspecified atom stereocenters. The highest BCUT2D eigenvalue weighted by atomic mass is 35.5. The van der Waals surface area contributed by atoms with Crippen molar-refractivity contribution in [2.75, 3.05) is 10.6 Å². The van der Waals surface area contributed by atoms with Crippen LogP contribution in [0.5, 0.6) is 0 Å². The molecule has 2 aromatic carbocycles. The minimum absolute atomic E-state index is 0.103. The maximum absolute atomic E-state index is 13.2. The van der Waals surface area contributed by atoms with E-state index in [-0.39, 0.29) is 19.9 Å². The lowest BCUT2D eigenvalue weighted by Crippen LogP contribution is -2.34. The zero-order valence-electron chi connectivity index (χ0n) is 20.9. The van der Waals surface area contributed by atoms with E-state index in [0.717, 1.165) is 28.0 Å². The van der Waals surface area contributed by atoms with Gasteiger partial charge in [0, 0.05) is 27.7 Å². The SMILES string of the molecule is CCc1ccc(CNc2ccc3c(=O)n(-c4ccc(NC(=O)NS(=O)(=O)c5ccc(Cl)s5)cc4)c(=O)[nH]c3c2)s1. The summed E-state index contributed by atoms with van der Waals surface area (Å²) in [6.45, 7) is 2.74. The minimum atomic E-state index is -4.09. The summed E-state index contributed by atoms with van der Waals surface area (Å²) >= 11 is 8.32. The number of urea groups is 1. The molecular weight excluding hydrogens is 594 g/mol. The van der Waals surface area contributed by atoms with Crippen LogP contribution in [0.15, 0.2) is 80.5 Å². The number of aromatic amines is 1. The second-order valence-corrected chi connectivity index (χ2v) is 13.4. The number of sulfonamides is 1. The van der Waals surface area contributed by atoms with Gasteiger partial charge in [0.2, 0.25) is 0 Å². The lowest BCUT2D eigenvalue weighted by molar-refractivity contribution is 0.256. The molecule has 5 rings (SSSR count). The molecular formula is C26H22ClN5O5S3. The van der Waals surface area contributed by atoms with E-state index in [2.05, 4.69) is 34.7 Å². The second kappa shape index (κ2) is 11.3. The normalized spacial score (nSPS) is 11.4. The topological polar surface area (TPSA) is 142 Å². The summed E-state index contributed by atoms with van der Waals surface area (Å²) in [5, 5.41) is 6.06. The van der Waals surface area contributed by atoms with E-state index in [1.165, 1.54) is 46.2 Å². The Hall–Kier alpha value is -3.91. The Kier molecular flexibility index (Phi) is 7.81. The maximum Gasteiger partial charge on any atom is 0.333 e. The lowest BCUT2D eigenvalue weighted by Gasteiger charge is -2.10. The van der Waals surface area contributed by atoms with Gasteiger partial charge in [-0.1, -0.05) is 18.5 Å². The van der Waals surface area contributed by atoms with Crippen LogP contribution in [0.3, 0.4) is 0 Å². The number of fused-ring (bicyclic) bond motifs is 1. The summed E-state index contributed by atoms with van der Waals surface area (Å²) in [5.74, 6) is 0. The molecule has 0 spiro atoms. The molecule has 14 heteroatoms. The molecule has 0 aliphatic carbocycles. The molecule has 0 aliphatic heterocycles. The molecule has 0 radical (unpaired) electrons. The van der Waals surface area contributed by atoms with Gasteiger partial charge in [0.15, 0.2) is 0 Å². The molecule has 0 aliphatic rings. The molecule has 0 bridgehead atoms. The van der Waals surface area contributed by atoms with Crippen molar-refractivity contribution in [3.8, 4) is 5.69 Å². The number of H-pyrrole nitrogens is 1. The Labute approximate surface area is 241 Å². The summed E-state index contributed by atoms with van der Waals surface area (Å²) in [5.41, 5.74) is 0.560. The number of hydrogen-bond acceptors (Lipinski definition) is 8. The molecule has 5 aromatic rings. The molecule has 3 aromatic heterocycles. The van der Waals surface area contributed by atoms with Gasteiger partial charge >= 0.3 is 11.7 Å². The molecule has 206 valence electrons. The minimum Gasteiger partial charge on any atom is -0.380 e. The summed E-state index contributed by atoms with van der Waals surface area (Å²) in [6.07, 6.45) is 0.985. The Morgan fingerprint density at radius 1 is 0.950 bits per heavy atom. The Morgan fingerprint density at radius 2 is 1.68 bits per heavy atom. The number of thiophene rings is 2. The van der Waals surface area contributed by atoms with E-state index >= 15 is 0 Å². The lowest BCUT2D eigenvalue weighted by atomic mass is 10.2. The number of rotatable bonds is 8. The van der Waals surface area contributed by atoms with Gasteiger partial charge in [-0.15, -0.1) is 22.7 Å². The van der Waals surface area contributed by atoms with Crippen LogP contribution in [0.1, 0.15) is 16.7 Å². The molecule has 2 amide bonds. The van der Waals surface area contributed by atoms with Crippen LogP contribution in [-0.2, 0) is 23.0 Å². The molecule has 40 heavy (non-hydrogen) atoms. The van der Waals surface area contributed by atoms with Crippen molar-refractivity contribution in [2.24, 2.45) is 0 Å². The fourth-order valence-corrected chi connectivity index (χ4v) is 7.21. The molecule has 0 saturated carbocycles. The van der Waals surface area contributed by atoms with Crippen molar-refractivity contribution < 1.29 is 13.2 Å². The van der Waals surface area contributed by atoms with Gasteiger partial charge in [-0.05, 0) is 73.2 Å². The first kappa shape index (κ1) is 27.6. The fourth-order valence-electron chi connectivity index (χ4n) is 3.92. The average molecular weight is 616 g/mol. The summed E-state index contributed by atoms with van der Waals surface area (Å²) in [7, 11) is -4.09. The maximum atomic E-state index is 13.2. The smallest absolute Gasteiger partial charge is 0.333 e. The highest BCUT2D eigenvalue weighted by Gasteiger charge is 2.20. The van der Waals surface area contributed by atoms with Gasteiger partial charge in [-0.2, -0.15) is 0 Å². The first-order valence-corrected chi connectivity index (χ1v) is 15.4. The number of carbonyl (C=O) groups is 1. The molecule has 0 saturated heterocycles. The first-order chi connectivity index (χ1) is 19.1. The zero-order valence-corrected chi connectivity index (χ0v) is 24.1. The first-order valence-electron chi connectivity index (χ1n) is 11.9. The highest BCUT2D eigenvalue weighted by Crippen LogP contribution is 2.25. The van der Waals surface area contributed by atoms with Crippen LogP contribution in [0.25, 0.3) is 16.6 Å². The van der Waals surface area contributed by atoms with E-state index in [0.29, 0.717) is 17.4 Å². The quantitative estimate of drug-likeness (QED) is 0.190. The monoisotopic (exact) mass is 615 g/mol. The van der Waals surface area contributed by atoms with Crippen LogP contribution in [0.2, 0.25) is 4.34 Å². The summed E-state index contributed by atoms with van der Waals surface area (Å²) in [4.78, 5) is 43.6. The van der Waals surface area contributed by atoms with Crippen molar-refractivity contribution in [2.45, 2.75) is 24.1 Å². The number of aryl methyl sites for hydroxylation is 1. The number of amides is 2. The van der Waals surface area contributed by atoms with Crippen molar-refractivity contribution in [1.82, 2.24) is 14.3 Å². The second-order valence-electron chi connectivity index (χ2n) is 8.57. The predicted octanol–water partition coefficient (Wildman–Crippen LogP) is 5.14. The van der Waals surface area contributed by atoms with E-state index in [9.17, 15) is 22.8 Å². The van der Waals surface area contributed by atoms with Crippen molar-refractivity contribution >= 4 is 72.6 Å². The van der Waals surface area contributed by atoms with Crippen molar-refractivity contribution in [3.63, 3.8) is 0 Å². The van der Waals surface area contributed by atoms with Gasteiger partial charge < -0.3 is 15.6 Å². The van der Waals surface area contributed by atoms with Gasteiger partial charge in [0.1, 0.15) is 4.21 Å². The van der Waals surface area contributed by atoms with E-state index in [4.69, 9.17) is 11.6 Å². The Bertz CT molecular complexity index is 1940. The number of anilines is 2. The molecule has 3 heterocycles. The van der Waals surface area contributed by atoms with Crippen LogP contribution >= 0.6 is 34.3 Å². The van der Waals surface area contributed by atoms with E-state index in [1.807, 2.05) is 4.72 Å². The number of hydrogen-bond donors (Lipinski definition) is 4. The molecule has 10 nitrogen and oxygen atoms in total. The number of nitrogens with zero attached hydrogens (tertiary/aromatic N) is 1. The van der Waals surface area contributed by atoms with Gasteiger partial charge in [0.25, 0.3) is 15.6 Å². The van der Waals surface area contributed by atoms with Crippen LogP contribution < -0.4 is 26.6 Å². The number of carbonyl (C=O) groups excluding carboxylic acids is 1. The third kappa shape index (κ3) is 5.97. The highest BCUT2D eigenvalue weighted by molar-refractivity contribution is 7.92. The largest absolute Gasteiger partial charge is 0.380 e. The van der Waals surface area contributed by atoms with Gasteiger partial charge in [-0.3, -0.25) is 4.79 Å². The van der Waals surface area contributed by atoms with Crippen LogP contribution in [-0.4, -0.2) is 24.0 Å². The van der Waals surface area contributed by atoms with E-state index < -0.39 is 27.3 Å². The third-order valence-electron chi connectivity index (χ3n) is 5.85.